The van der Waals surface area contributed by atoms with Gasteiger partial charge in [0.1, 0.15) is 6.39 Å². The van der Waals surface area contributed by atoms with Crippen LogP contribution in [0, 0.1) is 0 Å². The summed E-state index contributed by atoms with van der Waals surface area (Å²) < 4.78 is 12.3. The van der Waals surface area contributed by atoms with Gasteiger partial charge in [0.15, 0.2) is 0 Å². The molecule has 0 bridgehead atoms. The number of hydrogen-bond donors (Lipinski definition) is 0. The van der Waals surface area contributed by atoms with E-state index in [1.54, 1.807) is 0 Å². The molecule has 0 unspecified atom stereocenters. The molecular weight excluding hydrogens is 219 g/mol. The summed E-state index contributed by atoms with van der Waals surface area (Å²) in [5.74, 6) is 0. The van der Waals surface area contributed by atoms with Crippen LogP contribution in [0.5, 0.6) is 0 Å². The van der Waals surface area contributed by atoms with Crippen molar-refractivity contribution in [2.45, 2.75) is 77.2 Å². The molecule has 2 nitrogen and oxygen atoms in total. The maximum absolute atomic E-state index is 6.15. The van der Waals surface area contributed by atoms with Gasteiger partial charge in [-0.25, -0.2) is 0 Å². The SMILES string of the molecule is CC1(C)[B]B(B2OC(C)(C)C(C)(C)O2)[B]C1(C)C. The highest BCUT2D eigenvalue weighted by Crippen LogP contribution is 2.55. The van der Waals surface area contributed by atoms with E-state index in [0.717, 1.165) is 0 Å². The molecule has 0 aromatic carbocycles. The van der Waals surface area contributed by atoms with Gasteiger partial charge in [-0.15, -0.1) is 0 Å². The van der Waals surface area contributed by atoms with E-state index in [2.05, 4.69) is 69.7 Å². The summed E-state index contributed by atoms with van der Waals surface area (Å²) in [6.45, 7) is 17.6. The lowest BCUT2D eigenvalue weighted by atomic mass is 8.93. The molecule has 0 N–H and O–H groups in total. The molecular formula is C12H24B4O2. The minimum atomic E-state index is -0.240. The van der Waals surface area contributed by atoms with Crippen LogP contribution in [0.2, 0.25) is 10.6 Å². The molecule has 0 aromatic heterocycles. The molecule has 2 radical (unpaired) electrons. The quantitative estimate of drug-likeness (QED) is 0.659. The molecule has 2 saturated heterocycles. The standard InChI is InChI=1S/C12H24B4O2/c1-9(2)10(3,4)14-15(13-9)16-17-11(5,6)12(7,8)18-16/h1-8H3. The summed E-state index contributed by atoms with van der Waals surface area (Å²) in [5.41, 5.74) is -0.480. The Labute approximate surface area is 115 Å². The largest absolute Gasteiger partial charge is 0.411 e. The van der Waals surface area contributed by atoms with Crippen molar-refractivity contribution in [2.24, 2.45) is 0 Å². The molecule has 2 heterocycles. The summed E-state index contributed by atoms with van der Waals surface area (Å²) in [7, 11) is 4.63. The molecule has 6 heteroatoms. The Morgan fingerprint density at radius 2 is 1.00 bits per heavy atom. The molecule has 0 aromatic rings. The van der Waals surface area contributed by atoms with Crippen LogP contribution in [0.3, 0.4) is 0 Å². The van der Waals surface area contributed by atoms with E-state index in [0.29, 0.717) is 0 Å². The lowest BCUT2D eigenvalue weighted by Crippen LogP contribution is -2.46. The van der Waals surface area contributed by atoms with Crippen molar-refractivity contribution in [3.63, 3.8) is 0 Å². The molecule has 96 valence electrons. The molecule has 0 aliphatic carbocycles. The average Bonchev–Trinajstić information content (AvgIpc) is 2.45. The van der Waals surface area contributed by atoms with Gasteiger partial charge in [0.05, 0.1) is 25.5 Å². The molecule has 0 saturated carbocycles. The zero-order valence-corrected chi connectivity index (χ0v) is 13.1. The second-order valence-electron chi connectivity index (χ2n) is 7.98. The zero-order valence-electron chi connectivity index (χ0n) is 13.1. The average molecular weight is 244 g/mol. The van der Waals surface area contributed by atoms with Gasteiger partial charge in [-0.05, 0) is 27.7 Å². The van der Waals surface area contributed by atoms with Crippen molar-refractivity contribution in [2.75, 3.05) is 0 Å². The summed E-state index contributed by atoms with van der Waals surface area (Å²) in [4.78, 5) is 0. The van der Waals surface area contributed by atoms with Crippen LogP contribution in [0.4, 0.5) is 0 Å². The van der Waals surface area contributed by atoms with Crippen LogP contribution in [0.25, 0.3) is 0 Å². The Bertz CT molecular complexity index is 286. The predicted molar refractivity (Wildman–Crippen MR) is 81.4 cm³/mol. The second kappa shape index (κ2) is 3.85. The summed E-state index contributed by atoms with van der Waals surface area (Å²) in [6.07, 6.45) is 0.274. The van der Waals surface area contributed by atoms with Gasteiger partial charge < -0.3 is 9.31 Å². The zero-order chi connectivity index (χ0) is 14.0. The third-order valence-electron chi connectivity index (χ3n) is 5.46. The van der Waals surface area contributed by atoms with Crippen LogP contribution >= 0.6 is 0 Å². The molecule has 18 heavy (non-hydrogen) atoms. The topological polar surface area (TPSA) is 18.5 Å². The Hall–Kier alpha value is 0.180. The third-order valence-corrected chi connectivity index (χ3v) is 5.46. The van der Waals surface area contributed by atoms with Crippen LogP contribution < -0.4 is 0 Å². The van der Waals surface area contributed by atoms with Gasteiger partial charge >= 0.3 is 7.01 Å². The lowest BCUT2D eigenvalue weighted by molar-refractivity contribution is 0.00578. The van der Waals surface area contributed by atoms with Crippen molar-refractivity contribution in [3.05, 3.63) is 0 Å². The fraction of sp³-hybridized carbons (Fsp3) is 1.00. The highest BCUT2D eigenvalue weighted by atomic mass is 16.7. The summed E-state index contributed by atoms with van der Waals surface area (Å²) >= 11 is 0. The molecule has 0 spiro atoms. The Morgan fingerprint density at radius 1 is 0.667 bits per heavy atom. The van der Waals surface area contributed by atoms with Crippen LogP contribution in [-0.2, 0) is 9.31 Å². The minimum Gasteiger partial charge on any atom is -0.411 e. The highest BCUT2D eigenvalue weighted by Gasteiger charge is 2.59. The highest BCUT2D eigenvalue weighted by molar-refractivity contribution is 7.64. The fourth-order valence-electron chi connectivity index (χ4n) is 2.64. The van der Waals surface area contributed by atoms with Gasteiger partial charge in [0.25, 0.3) is 0 Å². The molecule has 2 aliphatic rings. The Kier molecular flexibility index (Phi) is 3.12. The van der Waals surface area contributed by atoms with Gasteiger partial charge in [-0.1, -0.05) is 38.3 Å². The molecule has 0 amide bonds. The summed E-state index contributed by atoms with van der Waals surface area (Å²) in [5, 5.41) is 0.364. The van der Waals surface area contributed by atoms with E-state index in [4.69, 9.17) is 9.31 Å². The van der Waals surface area contributed by atoms with E-state index in [9.17, 15) is 0 Å². The molecule has 2 fully saturated rings. The van der Waals surface area contributed by atoms with E-state index < -0.39 is 0 Å². The van der Waals surface area contributed by atoms with Crippen molar-refractivity contribution >= 4 is 27.7 Å². The second-order valence-corrected chi connectivity index (χ2v) is 7.98. The predicted octanol–water partition coefficient (Wildman–Crippen LogP) is 2.46. The Morgan fingerprint density at radius 3 is 1.33 bits per heavy atom. The fourth-order valence-corrected chi connectivity index (χ4v) is 2.64. The van der Waals surface area contributed by atoms with Crippen molar-refractivity contribution in [1.82, 2.24) is 0 Å². The third kappa shape index (κ3) is 2.10. The first kappa shape index (κ1) is 14.6. The molecule has 0 atom stereocenters. The molecule has 2 rings (SSSR count). The first-order valence-electron chi connectivity index (χ1n) is 6.96. The number of rotatable bonds is 1. The number of hydrogen-bond acceptors (Lipinski definition) is 2. The lowest BCUT2D eigenvalue weighted by Gasteiger charge is -2.36. The van der Waals surface area contributed by atoms with Gasteiger partial charge in [-0.3, -0.25) is 0 Å². The first-order chi connectivity index (χ1) is 7.88. The van der Waals surface area contributed by atoms with Crippen LogP contribution in [-0.4, -0.2) is 38.9 Å². The van der Waals surface area contributed by atoms with E-state index in [-0.39, 0.29) is 35.2 Å². The molecule has 2 aliphatic heterocycles. The summed E-state index contributed by atoms with van der Waals surface area (Å²) in [6, 6.07) is 0. The van der Waals surface area contributed by atoms with E-state index in [1.807, 2.05) is 0 Å². The van der Waals surface area contributed by atoms with Gasteiger partial charge in [0.2, 0.25) is 0 Å². The van der Waals surface area contributed by atoms with Crippen LogP contribution in [0.15, 0.2) is 0 Å². The van der Waals surface area contributed by atoms with Crippen molar-refractivity contribution < 1.29 is 9.31 Å². The van der Waals surface area contributed by atoms with Gasteiger partial charge in [-0.2, -0.15) is 0 Å². The maximum atomic E-state index is 6.15. The smallest absolute Gasteiger partial charge is 0.389 e. The van der Waals surface area contributed by atoms with E-state index in [1.165, 1.54) is 0 Å². The first-order valence-corrected chi connectivity index (χ1v) is 6.96. The van der Waals surface area contributed by atoms with Crippen LogP contribution in [0.1, 0.15) is 55.4 Å². The van der Waals surface area contributed by atoms with Gasteiger partial charge in [0, 0.05) is 0 Å². The van der Waals surface area contributed by atoms with Crippen molar-refractivity contribution in [3.8, 4) is 0 Å². The monoisotopic (exact) mass is 244 g/mol. The Balaban J connectivity index is 2.14. The van der Waals surface area contributed by atoms with Crippen molar-refractivity contribution in [1.29, 1.82) is 0 Å². The van der Waals surface area contributed by atoms with E-state index >= 15 is 0 Å². The normalized spacial score (nSPS) is 31.1. The maximum Gasteiger partial charge on any atom is 0.389 e. The minimum absolute atomic E-state index is 0.143.